The van der Waals surface area contributed by atoms with Gasteiger partial charge < -0.3 is 19.7 Å². The van der Waals surface area contributed by atoms with Crippen molar-refractivity contribution >= 4 is 18.6 Å². The fourth-order valence-corrected chi connectivity index (χ4v) is 4.68. The first-order valence-electron chi connectivity index (χ1n) is 9.84. The summed E-state index contributed by atoms with van der Waals surface area (Å²) >= 11 is 0. The Morgan fingerprint density at radius 3 is 1.97 bits per heavy atom. The molecule has 0 aliphatic carbocycles. The maximum absolute atomic E-state index is 12.4. The molecule has 0 unspecified atom stereocenters. The molecule has 0 spiro atoms. The molecule has 0 radical (unpaired) electrons. The Bertz CT molecular complexity index is 800. The van der Waals surface area contributed by atoms with Crippen LogP contribution >= 0.6 is 0 Å². The minimum Gasteiger partial charge on any atom is -0.390 e. The van der Waals surface area contributed by atoms with E-state index in [1.807, 2.05) is 41.3 Å². The van der Waals surface area contributed by atoms with Gasteiger partial charge in [-0.25, -0.2) is 8.42 Å². The van der Waals surface area contributed by atoms with E-state index in [1.165, 1.54) is 0 Å². The predicted octanol–water partition coefficient (Wildman–Crippen LogP) is -0.213. The normalized spacial score (nSPS) is 12.0. The van der Waals surface area contributed by atoms with E-state index in [0.29, 0.717) is 32.6 Å². The van der Waals surface area contributed by atoms with Crippen LogP contribution in [0, 0.1) is 0 Å². The quantitative estimate of drug-likeness (QED) is 0.198. The van der Waals surface area contributed by atoms with Crippen LogP contribution in [0.4, 0.5) is 0 Å². The van der Waals surface area contributed by atoms with Gasteiger partial charge in [0.15, 0.2) is 9.84 Å². The van der Waals surface area contributed by atoms with E-state index < -0.39 is 18.6 Å². The molecule has 176 valence electrons. The summed E-state index contributed by atoms with van der Waals surface area (Å²) in [5, 5.41) is 2.96. The molecular weight excluding hydrogens is 488 g/mol. The summed E-state index contributed by atoms with van der Waals surface area (Å²) < 4.78 is 24.8. The predicted molar refractivity (Wildman–Crippen MR) is 116 cm³/mol. The van der Waals surface area contributed by atoms with Gasteiger partial charge in [-0.15, -0.1) is 0 Å². The first-order valence-corrected chi connectivity index (χ1v) is 13.7. The number of nitrogens with one attached hydrogen (secondary N) is 1. The van der Waals surface area contributed by atoms with Gasteiger partial charge in [-0.2, -0.15) is 0 Å². The average molecular weight is 518 g/mol. The zero-order valence-corrected chi connectivity index (χ0v) is 20.0. The van der Waals surface area contributed by atoms with E-state index >= 15 is 0 Å². The summed E-state index contributed by atoms with van der Waals surface area (Å²) in [5.74, 6) is 0.0161. The van der Waals surface area contributed by atoms with E-state index in [0.717, 1.165) is 11.4 Å². The van der Waals surface area contributed by atoms with E-state index in [-0.39, 0.29) is 41.2 Å². The zero-order valence-electron chi connectivity index (χ0n) is 17.2. The van der Waals surface area contributed by atoms with Gasteiger partial charge in [-0.1, -0.05) is 12.1 Å². The number of nitrogens with zero attached hydrogens (tertiary/aromatic N) is 3. The largest absolute Gasteiger partial charge is 1.00 e. The fraction of sp³-hybridized carbons (Fsp3) is 0.474. The Morgan fingerprint density at radius 2 is 1.48 bits per heavy atom. The molecule has 2 aromatic heterocycles. The Kier molecular flexibility index (Phi) is 12.6. The Labute approximate surface area is 195 Å². The van der Waals surface area contributed by atoms with Gasteiger partial charge in [0, 0.05) is 44.6 Å². The van der Waals surface area contributed by atoms with Crippen molar-refractivity contribution in [1.29, 1.82) is 0 Å². The van der Waals surface area contributed by atoms with Crippen LogP contribution < -0.4 is 5.32 Å². The Morgan fingerprint density at radius 1 is 0.903 bits per heavy atom. The molecular formula is C19H30CuN4O5SSi+. The summed E-state index contributed by atoms with van der Waals surface area (Å²) in [6.07, 6.45) is 3.80. The van der Waals surface area contributed by atoms with Crippen LogP contribution in [0.1, 0.15) is 17.8 Å². The number of aromatic nitrogens is 2. The number of sulfone groups is 1. The molecule has 2 aromatic rings. The summed E-state index contributed by atoms with van der Waals surface area (Å²) in [7, 11) is -7.28. The van der Waals surface area contributed by atoms with Crippen molar-refractivity contribution in [3.63, 3.8) is 0 Å². The molecule has 31 heavy (non-hydrogen) atoms. The van der Waals surface area contributed by atoms with Crippen LogP contribution in [0.3, 0.4) is 0 Å². The van der Waals surface area contributed by atoms with Gasteiger partial charge in [0.2, 0.25) is 0 Å². The Hall–Kier alpha value is -1.21. The van der Waals surface area contributed by atoms with Crippen LogP contribution in [0.25, 0.3) is 0 Å². The smallest absolute Gasteiger partial charge is 0.390 e. The minimum absolute atomic E-state index is 0. The average Bonchev–Trinajstić information content (AvgIpc) is 2.70. The molecule has 0 atom stereocenters. The van der Waals surface area contributed by atoms with Gasteiger partial charge >= 0.3 is 25.9 Å². The summed E-state index contributed by atoms with van der Waals surface area (Å²) in [5.41, 5.74) is 1.73. The monoisotopic (exact) mass is 517 g/mol. The SMILES string of the molecule is O=S(=O)(CCNCCC[Si](O)(O)O)CCN(Cc1ccccn1)Cc1ccccn1.[Cu+]. The number of hydrogen-bond acceptors (Lipinski definition) is 9. The van der Waals surface area contributed by atoms with Gasteiger partial charge in [0.25, 0.3) is 0 Å². The molecule has 0 fully saturated rings. The third-order valence-electron chi connectivity index (χ3n) is 4.40. The van der Waals surface area contributed by atoms with Crippen LogP contribution in [0.15, 0.2) is 48.8 Å². The van der Waals surface area contributed by atoms with Crippen molar-refractivity contribution in [3.05, 3.63) is 60.2 Å². The van der Waals surface area contributed by atoms with Crippen molar-refractivity contribution in [1.82, 2.24) is 20.2 Å². The second-order valence-corrected chi connectivity index (χ2v) is 11.5. The second-order valence-electron chi connectivity index (χ2n) is 7.13. The van der Waals surface area contributed by atoms with Crippen molar-refractivity contribution in [2.24, 2.45) is 0 Å². The summed E-state index contributed by atoms with van der Waals surface area (Å²) in [4.78, 5) is 37.5. The summed E-state index contributed by atoms with van der Waals surface area (Å²) in [6.45, 7) is 2.11. The van der Waals surface area contributed by atoms with E-state index in [1.54, 1.807) is 12.4 Å². The molecule has 0 bridgehead atoms. The summed E-state index contributed by atoms with van der Waals surface area (Å²) in [6, 6.07) is 11.2. The van der Waals surface area contributed by atoms with Crippen molar-refractivity contribution in [3.8, 4) is 0 Å². The zero-order chi connectivity index (χ0) is 21.9. The third-order valence-corrected chi connectivity index (χ3v) is 7.05. The van der Waals surface area contributed by atoms with Gasteiger partial charge in [0.05, 0.1) is 22.9 Å². The Balaban J connectivity index is 0.00000480. The molecule has 12 heteroatoms. The molecule has 4 N–H and O–H groups in total. The molecule has 9 nitrogen and oxygen atoms in total. The van der Waals surface area contributed by atoms with Crippen molar-refractivity contribution in [2.45, 2.75) is 25.6 Å². The standard InChI is InChI=1S/C19H30N4O5SSi.Cu/c24-29(25,13-11-20-8-5-15-30(26,27)28)14-12-23(16-18-6-1-3-9-21-18)17-19-7-2-4-10-22-19;/h1-4,6-7,9-10,20,26-28H,5,8,11-17H2;/q;+1. The maximum atomic E-state index is 12.4. The van der Waals surface area contributed by atoms with Crippen LogP contribution in [0.2, 0.25) is 6.04 Å². The van der Waals surface area contributed by atoms with Crippen molar-refractivity contribution < 1.29 is 39.9 Å². The van der Waals surface area contributed by atoms with Crippen LogP contribution in [-0.2, 0) is 40.0 Å². The topological polar surface area (TPSA) is 136 Å². The molecule has 0 saturated carbocycles. The molecule has 2 heterocycles. The first-order chi connectivity index (χ1) is 14.2. The van der Waals surface area contributed by atoms with E-state index in [2.05, 4.69) is 15.3 Å². The maximum Gasteiger partial charge on any atom is 1.00 e. The second kappa shape index (κ2) is 14.0. The number of pyridine rings is 2. The van der Waals surface area contributed by atoms with Gasteiger partial charge in [0.1, 0.15) is 0 Å². The van der Waals surface area contributed by atoms with E-state index in [4.69, 9.17) is 14.4 Å². The number of rotatable bonds is 14. The molecule has 0 aliphatic heterocycles. The molecule has 0 aromatic carbocycles. The van der Waals surface area contributed by atoms with Crippen molar-refractivity contribution in [2.75, 3.05) is 31.1 Å². The third kappa shape index (κ3) is 13.0. The van der Waals surface area contributed by atoms with Crippen LogP contribution in [0.5, 0.6) is 0 Å². The minimum atomic E-state index is -4.02. The molecule has 0 aliphatic rings. The van der Waals surface area contributed by atoms with Crippen LogP contribution in [-0.4, -0.2) is 77.6 Å². The fourth-order valence-electron chi connectivity index (χ4n) is 2.83. The molecule has 0 saturated heterocycles. The van der Waals surface area contributed by atoms with Gasteiger partial charge in [-0.3, -0.25) is 14.9 Å². The van der Waals surface area contributed by atoms with Gasteiger partial charge in [-0.05, 0) is 37.2 Å². The molecule has 0 amide bonds. The first kappa shape index (κ1) is 27.8. The van der Waals surface area contributed by atoms with E-state index in [9.17, 15) is 8.42 Å². The number of hydrogen-bond donors (Lipinski definition) is 4. The molecule has 2 rings (SSSR count).